The summed E-state index contributed by atoms with van der Waals surface area (Å²) in [5.74, 6) is -2.76. The summed E-state index contributed by atoms with van der Waals surface area (Å²) in [4.78, 5) is 56.3. The number of amides is 3. The standard InChI is InChI=1S/C29H19ClF3N3O5S2/c30-16-7-9-18(10-8-16)36-26(38)22-21(23-25(35-28(40)43-23)42-24(22)27(36)39)14-3-1-6-19(11-14)41-13-20(37)34-17-5-2-4-15(12-17)29(31,32)33/h1-12,21-22,24H,13H2,(H,34,37)(H,35,40)/t21-,22-,24+/m0/s1. The van der Waals surface area contributed by atoms with Crippen molar-refractivity contribution in [1.29, 1.82) is 0 Å². The molecule has 0 saturated carbocycles. The summed E-state index contributed by atoms with van der Waals surface area (Å²) in [5, 5.41) is 2.54. The van der Waals surface area contributed by atoms with Crippen LogP contribution in [0.1, 0.15) is 21.9 Å². The van der Waals surface area contributed by atoms with Crippen LogP contribution in [0.5, 0.6) is 5.75 Å². The van der Waals surface area contributed by atoms with Crippen LogP contribution < -0.4 is 19.8 Å². The summed E-state index contributed by atoms with van der Waals surface area (Å²) < 4.78 is 44.7. The third-order valence-electron chi connectivity index (χ3n) is 6.97. The predicted octanol–water partition coefficient (Wildman–Crippen LogP) is 5.92. The Hall–Kier alpha value is -4.07. The number of anilines is 2. The van der Waals surface area contributed by atoms with Crippen LogP contribution in [-0.2, 0) is 20.6 Å². The summed E-state index contributed by atoms with van der Waals surface area (Å²) >= 11 is 8.10. The maximum atomic E-state index is 13.8. The largest absolute Gasteiger partial charge is 0.484 e. The van der Waals surface area contributed by atoms with E-state index in [1.54, 1.807) is 48.5 Å². The lowest BCUT2D eigenvalue weighted by Gasteiger charge is -2.30. The van der Waals surface area contributed by atoms with Gasteiger partial charge in [0.15, 0.2) is 6.61 Å². The first-order chi connectivity index (χ1) is 20.5. The number of nitrogens with one attached hydrogen (secondary N) is 2. The van der Waals surface area contributed by atoms with Gasteiger partial charge in [-0.15, -0.1) is 0 Å². The summed E-state index contributed by atoms with van der Waals surface area (Å²) in [6.45, 7) is -0.503. The van der Waals surface area contributed by atoms with Gasteiger partial charge in [0, 0.05) is 21.5 Å². The number of halogens is 4. The molecule has 3 aromatic carbocycles. The number of fused-ring (bicyclic) bond motifs is 2. The maximum Gasteiger partial charge on any atom is 0.416 e. The second-order valence-corrected chi connectivity index (χ2v) is 12.3. The Morgan fingerprint density at radius 3 is 2.49 bits per heavy atom. The van der Waals surface area contributed by atoms with Crippen LogP contribution in [0.15, 0.2) is 82.6 Å². The molecule has 1 aromatic heterocycles. The molecule has 2 aliphatic rings. The molecule has 1 saturated heterocycles. The third-order valence-corrected chi connectivity index (χ3v) is 9.62. The van der Waals surface area contributed by atoms with E-state index in [9.17, 15) is 32.3 Å². The van der Waals surface area contributed by atoms with Crippen molar-refractivity contribution in [2.45, 2.75) is 22.4 Å². The van der Waals surface area contributed by atoms with Crippen molar-refractivity contribution in [1.82, 2.24) is 4.98 Å². The molecule has 1 fully saturated rings. The molecular formula is C29H19ClF3N3O5S2. The topological polar surface area (TPSA) is 109 Å². The van der Waals surface area contributed by atoms with Gasteiger partial charge in [0.1, 0.15) is 11.0 Å². The number of alkyl halides is 3. The smallest absolute Gasteiger partial charge is 0.416 e. The van der Waals surface area contributed by atoms with Crippen LogP contribution in [-0.4, -0.2) is 34.6 Å². The van der Waals surface area contributed by atoms with Gasteiger partial charge in [0.25, 0.3) is 5.91 Å². The van der Waals surface area contributed by atoms with E-state index in [0.717, 1.165) is 40.1 Å². The maximum absolute atomic E-state index is 13.8. The number of aromatic nitrogens is 1. The first-order valence-electron chi connectivity index (χ1n) is 12.7. The fourth-order valence-corrected chi connectivity index (χ4v) is 7.78. The van der Waals surface area contributed by atoms with Gasteiger partial charge in [0.05, 0.1) is 22.2 Å². The first kappa shape index (κ1) is 29.0. The Bertz CT molecular complexity index is 1810. The number of benzene rings is 3. The van der Waals surface area contributed by atoms with Crippen LogP contribution in [0, 0.1) is 5.92 Å². The molecule has 0 aliphatic carbocycles. The zero-order valence-electron chi connectivity index (χ0n) is 21.7. The van der Waals surface area contributed by atoms with E-state index in [2.05, 4.69) is 10.3 Å². The average molecular weight is 646 g/mol. The molecule has 220 valence electrons. The predicted molar refractivity (Wildman–Crippen MR) is 156 cm³/mol. The monoisotopic (exact) mass is 645 g/mol. The Balaban J connectivity index is 1.25. The van der Waals surface area contributed by atoms with Crippen molar-refractivity contribution in [2.24, 2.45) is 5.92 Å². The number of thiazole rings is 1. The molecule has 2 N–H and O–H groups in total. The van der Waals surface area contributed by atoms with Gasteiger partial charge in [-0.3, -0.25) is 19.2 Å². The van der Waals surface area contributed by atoms with Crippen LogP contribution in [0.25, 0.3) is 0 Å². The lowest BCUT2D eigenvalue weighted by Crippen LogP contribution is -2.32. The molecule has 8 nitrogen and oxygen atoms in total. The third kappa shape index (κ3) is 5.67. The molecule has 4 aromatic rings. The molecule has 6 rings (SSSR count). The first-order valence-corrected chi connectivity index (χ1v) is 14.8. The number of hydrogen-bond donors (Lipinski definition) is 2. The van der Waals surface area contributed by atoms with Crippen molar-refractivity contribution in [2.75, 3.05) is 16.8 Å². The summed E-state index contributed by atoms with van der Waals surface area (Å²) in [6.07, 6.45) is -4.56. The summed E-state index contributed by atoms with van der Waals surface area (Å²) in [5.41, 5.74) is 0.0342. The van der Waals surface area contributed by atoms with Crippen molar-refractivity contribution < 1.29 is 32.3 Å². The Kier molecular flexibility index (Phi) is 7.57. The summed E-state index contributed by atoms with van der Waals surface area (Å²) in [7, 11) is 0. The molecule has 0 bridgehead atoms. The van der Waals surface area contributed by atoms with Crippen LogP contribution >= 0.6 is 34.7 Å². The zero-order chi connectivity index (χ0) is 30.5. The molecule has 0 radical (unpaired) electrons. The molecule has 0 unspecified atom stereocenters. The zero-order valence-corrected chi connectivity index (χ0v) is 24.1. The van der Waals surface area contributed by atoms with Crippen LogP contribution in [0.2, 0.25) is 5.02 Å². The average Bonchev–Trinajstić information content (AvgIpc) is 3.46. The van der Waals surface area contributed by atoms with Crippen molar-refractivity contribution >= 4 is 63.8 Å². The molecular weight excluding hydrogens is 627 g/mol. The second-order valence-electron chi connectivity index (χ2n) is 9.73. The SMILES string of the molecule is O=C(COc1cccc([C@@H]2c3sc(=O)[nH]c3S[C@H]3C(=O)N(c4ccc(Cl)cc4)C(=O)[C@@H]23)c1)Nc1cccc(C(F)(F)F)c1. The van der Waals surface area contributed by atoms with Crippen molar-refractivity contribution in [3.05, 3.63) is 103 Å². The van der Waals surface area contributed by atoms with Crippen molar-refractivity contribution in [3.8, 4) is 5.75 Å². The van der Waals surface area contributed by atoms with Gasteiger partial charge < -0.3 is 15.0 Å². The number of H-pyrrole nitrogens is 1. The van der Waals surface area contributed by atoms with E-state index in [-0.39, 0.29) is 16.3 Å². The minimum Gasteiger partial charge on any atom is -0.484 e. The number of rotatable bonds is 6. The van der Waals surface area contributed by atoms with E-state index in [0.29, 0.717) is 26.2 Å². The Morgan fingerprint density at radius 2 is 1.74 bits per heavy atom. The molecule has 3 amide bonds. The molecule has 14 heteroatoms. The van der Waals surface area contributed by atoms with E-state index >= 15 is 0 Å². The number of imide groups is 1. The quantitative estimate of drug-likeness (QED) is 0.252. The number of ether oxygens (including phenoxy) is 1. The normalized spacial score (nSPS) is 19.6. The van der Waals surface area contributed by atoms with E-state index < -0.39 is 53.2 Å². The molecule has 3 heterocycles. The van der Waals surface area contributed by atoms with Crippen LogP contribution in [0.3, 0.4) is 0 Å². The summed E-state index contributed by atoms with van der Waals surface area (Å²) in [6, 6.07) is 17.2. The highest BCUT2D eigenvalue weighted by Crippen LogP contribution is 2.53. The number of nitrogens with zero attached hydrogens (tertiary/aromatic N) is 1. The highest BCUT2D eigenvalue weighted by atomic mass is 35.5. The molecule has 3 atom stereocenters. The van der Waals surface area contributed by atoms with Gasteiger partial charge >= 0.3 is 11.0 Å². The lowest BCUT2D eigenvalue weighted by atomic mass is 9.83. The number of carbonyl (C=O) groups excluding carboxylic acids is 3. The minimum atomic E-state index is -4.56. The number of thioether (sulfide) groups is 1. The van der Waals surface area contributed by atoms with Crippen molar-refractivity contribution in [3.63, 3.8) is 0 Å². The minimum absolute atomic E-state index is 0.0348. The molecule has 0 spiro atoms. The Labute approximate surface area is 254 Å². The van der Waals surface area contributed by atoms with Gasteiger partial charge in [0.2, 0.25) is 11.8 Å². The number of aromatic amines is 1. The van der Waals surface area contributed by atoms with E-state index in [4.69, 9.17) is 16.3 Å². The van der Waals surface area contributed by atoms with Gasteiger partial charge in [-0.1, -0.05) is 52.9 Å². The van der Waals surface area contributed by atoms with Crippen LogP contribution in [0.4, 0.5) is 24.5 Å². The van der Waals surface area contributed by atoms with Gasteiger partial charge in [-0.05, 0) is 60.2 Å². The molecule has 43 heavy (non-hydrogen) atoms. The fraction of sp³-hybridized carbons (Fsp3) is 0.172. The Morgan fingerprint density at radius 1 is 1.00 bits per heavy atom. The number of hydrogen-bond acceptors (Lipinski definition) is 7. The van der Waals surface area contributed by atoms with E-state index in [1.165, 1.54) is 12.1 Å². The van der Waals surface area contributed by atoms with E-state index in [1.807, 2.05) is 0 Å². The van der Waals surface area contributed by atoms with Gasteiger partial charge in [-0.25, -0.2) is 4.90 Å². The molecule has 2 aliphatic heterocycles. The highest BCUT2D eigenvalue weighted by molar-refractivity contribution is 8.00. The second kappa shape index (κ2) is 11.2. The number of carbonyl (C=O) groups is 3. The highest BCUT2D eigenvalue weighted by Gasteiger charge is 2.56. The van der Waals surface area contributed by atoms with Gasteiger partial charge in [-0.2, -0.15) is 13.2 Å². The lowest BCUT2D eigenvalue weighted by molar-refractivity contribution is -0.137. The fourth-order valence-electron chi connectivity index (χ4n) is 5.14.